The lowest BCUT2D eigenvalue weighted by molar-refractivity contribution is 0.0941. The molecule has 206 valence electrons. The van der Waals surface area contributed by atoms with Crippen LogP contribution in [0, 0.1) is 11.8 Å². The first-order valence-corrected chi connectivity index (χ1v) is 14.5. The number of carbonyl (C=O) groups excluding carboxylic acids is 1. The summed E-state index contributed by atoms with van der Waals surface area (Å²) in [5, 5.41) is 4.63. The van der Waals surface area contributed by atoms with Gasteiger partial charge in [-0.15, -0.1) is 0 Å². The Labute approximate surface area is 236 Å². The van der Waals surface area contributed by atoms with E-state index in [9.17, 15) is 18.0 Å². The molecule has 0 bridgehead atoms. The Hall–Kier alpha value is -5.05. The zero-order valence-electron chi connectivity index (χ0n) is 22.3. The zero-order chi connectivity index (χ0) is 29.1. The number of nitrogens with zero attached hydrogens (tertiary/aromatic N) is 3. The average molecular weight is 567 g/mol. The minimum Gasteiger partial charge on any atom is -0.383 e. The van der Waals surface area contributed by atoms with Crippen molar-refractivity contribution in [2.24, 2.45) is 0 Å². The van der Waals surface area contributed by atoms with Gasteiger partial charge in [0.05, 0.1) is 29.7 Å². The molecule has 1 atom stereocenters. The number of para-hydroxylation sites is 1. The van der Waals surface area contributed by atoms with E-state index >= 15 is 0 Å². The van der Waals surface area contributed by atoms with Crippen LogP contribution in [0.15, 0.2) is 83.9 Å². The first-order valence-electron chi connectivity index (χ1n) is 12.6. The van der Waals surface area contributed by atoms with E-state index < -0.39 is 22.0 Å². The fourth-order valence-corrected chi connectivity index (χ4v) is 4.91. The van der Waals surface area contributed by atoms with Crippen LogP contribution in [0.5, 0.6) is 0 Å². The van der Waals surface area contributed by atoms with Crippen LogP contribution in [0.3, 0.4) is 0 Å². The third kappa shape index (κ3) is 5.79. The van der Waals surface area contributed by atoms with E-state index in [1.54, 1.807) is 61.8 Å². The molecule has 5 aromatic rings. The highest BCUT2D eigenvalue weighted by molar-refractivity contribution is 7.88. The minimum atomic E-state index is -3.40. The number of anilines is 1. The van der Waals surface area contributed by atoms with Crippen molar-refractivity contribution in [2.75, 3.05) is 18.5 Å². The largest absolute Gasteiger partial charge is 0.383 e. The van der Waals surface area contributed by atoms with Gasteiger partial charge >= 0.3 is 0 Å². The molecule has 0 aliphatic heterocycles. The highest BCUT2D eigenvalue weighted by Gasteiger charge is 2.22. The first-order chi connectivity index (χ1) is 19.6. The molecule has 0 fully saturated rings. The highest BCUT2D eigenvalue weighted by atomic mass is 32.2. The number of hydrogen-bond acceptors (Lipinski definition) is 7. The second-order valence-electron chi connectivity index (χ2n) is 9.36. The first kappa shape index (κ1) is 27.5. The van der Waals surface area contributed by atoms with Gasteiger partial charge in [-0.2, -0.15) is 0 Å². The van der Waals surface area contributed by atoms with E-state index in [2.05, 4.69) is 31.8 Å². The monoisotopic (exact) mass is 566 g/mol. The van der Waals surface area contributed by atoms with Gasteiger partial charge in [-0.05, 0) is 48.7 Å². The average Bonchev–Trinajstić information content (AvgIpc) is 2.95. The van der Waals surface area contributed by atoms with Gasteiger partial charge in [0.2, 0.25) is 10.0 Å². The van der Waals surface area contributed by atoms with Crippen molar-refractivity contribution in [3.63, 3.8) is 0 Å². The van der Waals surface area contributed by atoms with Gasteiger partial charge in [-0.3, -0.25) is 19.1 Å². The molecule has 4 N–H and O–H groups in total. The number of nitrogen functional groups attached to an aromatic ring is 1. The summed E-state index contributed by atoms with van der Waals surface area (Å²) >= 11 is 0. The van der Waals surface area contributed by atoms with E-state index in [4.69, 9.17) is 5.73 Å². The summed E-state index contributed by atoms with van der Waals surface area (Å²) < 4.78 is 26.6. The lowest BCUT2D eigenvalue weighted by Gasteiger charge is -2.21. The highest BCUT2D eigenvalue weighted by Crippen LogP contribution is 2.25. The molecular formula is C30H26N6O4S. The maximum Gasteiger partial charge on any atom is 0.264 e. The number of sulfonamides is 1. The molecule has 0 saturated heterocycles. The molecule has 0 aliphatic rings. The normalized spacial score (nSPS) is 12.0. The van der Waals surface area contributed by atoms with Crippen molar-refractivity contribution in [3.8, 4) is 17.5 Å². The van der Waals surface area contributed by atoms with Gasteiger partial charge in [0, 0.05) is 34.7 Å². The summed E-state index contributed by atoms with van der Waals surface area (Å²) in [6, 6.07) is 19.1. The van der Waals surface area contributed by atoms with Gasteiger partial charge in [0.25, 0.3) is 11.5 Å². The van der Waals surface area contributed by atoms with Gasteiger partial charge in [0.15, 0.2) is 0 Å². The van der Waals surface area contributed by atoms with E-state index in [0.29, 0.717) is 38.6 Å². The van der Waals surface area contributed by atoms with E-state index in [-0.39, 0.29) is 23.5 Å². The van der Waals surface area contributed by atoms with Crippen molar-refractivity contribution in [2.45, 2.75) is 13.0 Å². The molecule has 41 heavy (non-hydrogen) atoms. The lowest BCUT2D eigenvalue weighted by Crippen LogP contribution is -2.33. The van der Waals surface area contributed by atoms with Crippen LogP contribution < -0.4 is 21.3 Å². The number of amides is 1. The number of nitrogens with two attached hydrogens (primary N) is 1. The van der Waals surface area contributed by atoms with Crippen LogP contribution in [0.4, 0.5) is 5.82 Å². The number of aromatic nitrogens is 3. The number of carbonyl (C=O) groups is 1. The number of hydrogen-bond donors (Lipinski definition) is 3. The van der Waals surface area contributed by atoms with Gasteiger partial charge < -0.3 is 11.1 Å². The molecule has 1 amide bonds. The SMILES string of the molecule is CC(NC(=O)c1c(N)ncc2cccnc12)c1cc2cccc(C#CCNS(C)(=O)=O)c2c(=O)n1-c1ccccc1. The van der Waals surface area contributed by atoms with Crippen molar-refractivity contribution in [3.05, 3.63) is 106 Å². The fraction of sp³-hybridized carbons (Fsp3) is 0.133. The molecule has 0 spiro atoms. The topological polar surface area (TPSA) is 149 Å². The molecule has 0 aliphatic carbocycles. The molecular weight excluding hydrogens is 540 g/mol. The summed E-state index contributed by atoms with van der Waals surface area (Å²) in [7, 11) is -3.40. The Bertz CT molecular complexity index is 2030. The summed E-state index contributed by atoms with van der Waals surface area (Å²) in [6.45, 7) is 1.69. The number of benzene rings is 2. The molecule has 3 heterocycles. The molecule has 11 heteroatoms. The number of rotatable bonds is 6. The molecule has 5 rings (SSSR count). The maximum absolute atomic E-state index is 14.1. The second kappa shape index (κ2) is 11.2. The summed E-state index contributed by atoms with van der Waals surface area (Å²) in [4.78, 5) is 36.1. The minimum absolute atomic E-state index is 0.0495. The summed E-state index contributed by atoms with van der Waals surface area (Å²) in [5.74, 6) is 5.26. The Morgan fingerprint density at radius 1 is 1.05 bits per heavy atom. The van der Waals surface area contributed by atoms with Crippen LogP contribution in [0.25, 0.3) is 27.4 Å². The van der Waals surface area contributed by atoms with E-state index in [1.807, 2.05) is 24.3 Å². The van der Waals surface area contributed by atoms with Gasteiger partial charge in [-0.25, -0.2) is 18.1 Å². The molecule has 0 saturated carbocycles. The lowest BCUT2D eigenvalue weighted by atomic mass is 10.0. The molecule has 3 aromatic heterocycles. The molecule has 10 nitrogen and oxygen atoms in total. The van der Waals surface area contributed by atoms with Crippen LogP contribution in [0.1, 0.15) is 34.6 Å². The second-order valence-corrected chi connectivity index (χ2v) is 11.2. The Morgan fingerprint density at radius 2 is 1.80 bits per heavy atom. The third-order valence-corrected chi connectivity index (χ3v) is 7.10. The summed E-state index contributed by atoms with van der Waals surface area (Å²) in [5.41, 5.74) is 7.93. The van der Waals surface area contributed by atoms with E-state index in [1.165, 1.54) is 4.57 Å². The Morgan fingerprint density at radius 3 is 2.56 bits per heavy atom. The van der Waals surface area contributed by atoms with Gasteiger partial charge in [0.1, 0.15) is 11.4 Å². The van der Waals surface area contributed by atoms with Crippen LogP contribution in [-0.2, 0) is 10.0 Å². The van der Waals surface area contributed by atoms with Crippen molar-refractivity contribution >= 4 is 43.4 Å². The Kier molecular flexibility index (Phi) is 7.52. The molecule has 0 radical (unpaired) electrons. The van der Waals surface area contributed by atoms with Crippen LogP contribution in [0.2, 0.25) is 0 Å². The summed E-state index contributed by atoms with van der Waals surface area (Å²) in [6.07, 6.45) is 4.19. The predicted octanol–water partition coefficient (Wildman–Crippen LogP) is 2.91. The maximum atomic E-state index is 14.1. The predicted molar refractivity (Wildman–Crippen MR) is 159 cm³/mol. The quantitative estimate of drug-likeness (QED) is 0.268. The van der Waals surface area contributed by atoms with Gasteiger partial charge in [-0.1, -0.05) is 42.2 Å². The van der Waals surface area contributed by atoms with Crippen LogP contribution >= 0.6 is 0 Å². The standard InChI is InChI=1S/C30H26N6O4S/c1-19(35-29(37)26-27-22(12-7-15-32-27)18-33-28(26)31)24-17-21-10-6-9-20(11-8-16-34-41(2,39)40)25(21)30(38)36(24)23-13-4-3-5-14-23/h3-7,9-10,12-15,17-19,34H,16H2,1-2H3,(H2,31,33)(H,35,37). The Balaban J connectivity index is 1.61. The van der Waals surface area contributed by atoms with Crippen LogP contribution in [-0.4, -0.2) is 41.7 Å². The van der Waals surface area contributed by atoms with E-state index in [0.717, 1.165) is 6.26 Å². The molecule has 1 unspecified atom stereocenters. The zero-order valence-corrected chi connectivity index (χ0v) is 23.1. The number of fused-ring (bicyclic) bond motifs is 2. The smallest absolute Gasteiger partial charge is 0.264 e. The van der Waals surface area contributed by atoms with Crippen molar-refractivity contribution in [1.29, 1.82) is 0 Å². The number of pyridine rings is 3. The number of nitrogens with one attached hydrogen (secondary N) is 2. The van der Waals surface area contributed by atoms with Crippen molar-refractivity contribution in [1.82, 2.24) is 24.6 Å². The third-order valence-electron chi connectivity index (χ3n) is 6.43. The fourth-order valence-electron chi connectivity index (χ4n) is 4.58. The van der Waals surface area contributed by atoms with Crippen molar-refractivity contribution < 1.29 is 13.2 Å². The molecule has 2 aromatic carbocycles.